The highest BCUT2D eigenvalue weighted by molar-refractivity contribution is 7.91. The first-order valence-corrected chi connectivity index (χ1v) is 7.69. The van der Waals surface area contributed by atoms with Gasteiger partial charge in [0.25, 0.3) is 0 Å². The monoisotopic (exact) mass is 291 g/mol. The van der Waals surface area contributed by atoms with Crippen molar-refractivity contribution in [2.75, 3.05) is 18.9 Å². The molecule has 0 aromatic carbocycles. The molecule has 0 saturated heterocycles. The molecule has 1 heterocycles. The smallest absolute Gasteiger partial charge is 0.304 e. The van der Waals surface area contributed by atoms with Gasteiger partial charge >= 0.3 is 5.69 Å². The molecule has 2 N–H and O–H groups in total. The van der Waals surface area contributed by atoms with Gasteiger partial charge in [0.1, 0.15) is 4.21 Å². The van der Waals surface area contributed by atoms with E-state index in [-0.39, 0.29) is 14.9 Å². The van der Waals surface area contributed by atoms with Crippen LogP contribution in [0.2, 0.25) is 0 Å². The van der Waals surface area contributed by atoms with Crippen molar-refractivity contribution in [2.24, 2.45) is 5.92 Å². The number of nitrogens with zero attached hydrogens (tertiary/aromatic N) is 1. The minimum atomic E-state index is -3.64. The fourth-order valence-electron chi connectivity index (χ4n) is 1.43. The zero-order chi connectivity index (χ0) is 13.3. The first kappa shape index (κ1) is 13.2. The van der Waals surface area contributed by atoms with Crippen LogP contribution in [0.3, 0.4) is 0 Å². The zero-order valence-electron chi connectivity index (χ0n) is 9.67. The maximum atomic E-state index is 11.9. The summed E-state index contributed by atoms with van der Waals surface area (Å²) in [5.41, 5.74) is -0.214. The first-order valence-electron chi connectivity index (χ1n) is 5.39. The van der Waals surface area contributed by atoms with Gasteiger partial charge in [-0.25, -0.2) is 13.1 Å². The Morgan fingerprint density at radius 3 is 2.67 bits per heavy atom. The molecule has 9 heteroatoms. The summed E-state index contributed by atoms with van der Waals surface area (Å²) in [6.07, 6.45) is 2.07. The van der Waals surface area contributed by atoms with Crippen LogP contribution < -0.4 is 10.0 Å². The average molecular weight is 291 g/mol. The van der Waals surface area contributed by atoms with E-state index in [1.807, 2.05) is 0 Å². The van der Waals surface area contributed by atoms with Crippen molar-refractivity contribution in [3.63, 3.8) is 0 Å². The molecule has 1 aromatic heterocycles. The molecular formula is C9H13N3O4S2. The largest absolute Gasteiger partial charge is 0.374 e. The molecule has 1 aromatic rings. The van der Waals surface area contributed by atoms with Crippen molar-refractivity contribution in [3.8, 4) is 0 Å². The number of rotatable bonds is 6. The summed E-state index contributed by atoms with van der Waals surface area (Å²) in [4.78, 5) is 10.2. The SMILES string of the molecule is CNc1sc(S(=O)(=O)NCC2CC2)cc1[N+](=O)[O-]. The van der Waals surface area contributed by atoms with E-state index in [4.69, 9.17) is 0 Å². The maximum absolute atomic E-state index is 11.9. The van der Waals surface area contributed by atoms with Gasteiger partial charge in [-0.3, -0.25) is 10.1 Å². The van der Waals surface area contributed by atoms with Gasteiger partial charge in [-0.1, -0.05) is 11.3 Å². The highest BCUT2D eigenvalue weighted by Crippen LogP contribution is 2.36. The summed E-state index contributed by atoms with van der Waals surface area (Å²) in [6.45, 7) is 0.406. The normalized spacial score (nSPS) is 15.6. The quantitative estimate of drug-likeness (QED) is 0.609. The van der Waals surface area contributed by atoms with Gasteiger partial charge in [0.05, 0.1) is 4.92 Å². The number of nitro groups is 1. The molecule has 1 fully saturated rings. The van der Waals surface area contributed by atoms with Crippen molar-refractivity contribution in [1.29, 1.82) is 0 Å². The number of anilines is 1. The molecule has 0 atom stereocenters. The molecule has 1 saturated carbocycles. The van der Waals surface area contributed by atoms with E-state index < -0.39 is 14.9 Å². The average Bonchev–Trinajstić information content (AvgIpc) is 3.02. The molecule has 18 heavy (non-hydrogen) atoms. The Labute approximate surface area is 108 Å². The van der Waals surface area contributed by atoms with E-state index in [1.165, 1.54) is 7.05 Å². The first-order chi connectivity index (χ1) is 8.44. The second-order valence-corrected chi connectivity index (χ2v) is 7.13. The molecule has 100 valence electrons. The fourth-order valence-corrected chi connectivity index (χ4v) is 3.87. The van der Waals surface area contributed by atoms with Gasteiger partial charge in [-0.15, -0.1) is 0 Å². The van der Waals surface area contributed by atoms with Gasteiger partial charge < -0.3 is 5.32 Å². The number of thiophene rings is 1. The van der Waals surface area contributed by atoms with Gasteiger partial charge in [0.2, 0.25) is 10.0 Å². The molecular weight excluding hydrogens is 278 g/mol. The van der Waals surface area contributed by atoms with Crippen LogP contribution in [0.1, 0.15) is 12.8 Å². The van der Waals surface area contributed by atoms with Gasteiger partial charge in [-0.2, -0.15) is 0 Å². The molecule has 2 rings (SSSR count). The summed E-state index contributed by atoms with van der Waals surface area (Å²) in [7, 11) is -2.12. The second kappa shape index (κ2) is 4.82. The standard InChI is InChI=1S/C9H13N3O4S2/c1-10-9-7(12(13)14)4-8(17-9)18(15,16)11-5-6-2-3-6/h4,6,10-11H,2-3,5H2,1H3. The van der Waals surface area contributed by atoms with Crippen molar-refractivity contribution >= 4 is 32.0 Å². The molecule has 1 aliphatic rings. The van der Waals surface area contributed by atoms with Crippen LogP contribution in [0.25, 0.3) is 0 Å². The lowest BCUT2D eigenvalue weighted by atomic mass is 10.4. The van der Waals surface area contributed by atoms with Gasteiger partial charge in [0, 0.05) is 19.7 Å². The molecule has 7 nitrogen and oxygen atoms in total. The lowest BCUT2D eigenvalue weighted by molar-refractivity contribution is -0.383. The van der Waals surface area contributed by atoms with Crippen molar-refractivity contribution in [2.45, 2.75) is 17.1 Å². The number of hydrogen-bond donors (Lipinski definition) is 2. The lowest BCUT2D eigenvalue weighted by Crippen LogP contribution is -2.25. The Bertz CT molecular complexity index is 562. The summed E-state index contributed by atoms with van der Waals surface area (Å²) < 4.78 is 26.3. The predicted octanol–water partition coefficient (Wildman–Crippen LogP) is 1.39. The minimum absolute atomic E-state index is 0.0285. The van der Waals surface area contributed by atoms with E-state index in [0.717, 1.165) is 30.2 Å². The van der Waals surface area contributed by atoms with Crippen LogP contribution >= 0.6 is 11.3 Å². The number of sulfonamides is 1. The third-order valence-electron chi connectivity index (χ3n) is 2.64. The molecule has 1 aliphatic carbocycles. The van der Waals surface area contributed by atoms with Crippen LogP contribution in [0.5, 0.6) is 0 Å². The van der Waals surface area contributed by atoms with Crippen LogP contribution in [0.4, 0.5) is 10.7 Å². The van der Waals surface area contributed by atoms with E-state index >= 15 is 0 Å². The molecule has 0 amide bonds. The summed E-state index contributed by atoms with van der Waals surface area (Å²) >= 11 is 0.864. The molecule has 0 radical (unpaired) electrons. The van der Waals surface area contributed by atoms with Crippen LogP contribution in [0, 0.1) is 16.0 Å². The van der Waals surface area contributed by atoms with E-state index in [2.05, 4.69) is 10.0 Å². The van der Waals surface area contributed by atoms with E-state index in [9.17, 15) is 18.5 Å². The summed E-state index contributed by atoms with van der Waals surface area (Å²) in [6, 6.07) is 1.09. The second-order valence-electron chi connectivity index (χ2n) is 4.08. The topological polar surface area (TPSA) is 101 Å². The minimum Gasteiger partial charge on any atom is -0.374 e. The Morgan fingerprint density at radius 1 is 1.56 bits per heavy atom. The third-order valence-corrected chi connectivity index (χ3v) is 5.68. The Balaban J connectivity index is 2.23. The van der Waals surface area contributed by atoms with Gasteiger partial charge in [0.15, 0.2) is 5.00 Å². The number of nitrogens with one attached hydrogen (secondary N) is 2. The number of hydrogen-bond acceptors (Lipinski definition) is 6. The molecule has 0 aliphatic heterocycles. The highest BCUT2D eigenvalue weighted by atomic mass is 32.2. The van der Waals surface area contributed by atoms with Crippen LogP contribution in [-0.4, -0.2) is 26.9 Å². The molecule has 0 bridgehead atoms. The van der Waals surface area contributed by atoms with Gasteiger partial charge in [-0.05, 0) is 18.8 Å². The Morgan fingerprint density at radius 2 is 2.22 bits per heavy atom. The Hall–Kier alpha value is -1.19. The van der Waals surface area contributed by atoms with Crippen molar-refractivity contribution in [1.82, 2.24) is 4.72 Å². The fraction of sp³-hybridized carbons (Fsp3) is 0.556. The van der Waals surface area contributed by atoms with Crippen molar-refractivity contribution in [3.05, 3.63) is 16.2 Å². The highest BCUT2D eigenvalue weighted by Gasteiger charge is 2.28. The van der Waals surface area contributed by atoms with Crippen molar-refractivity contribution < 1.29 is 13.3 Å². The van der Waals surface area contributed by atoms with E-state index in [0.29, 0.717) is 12.5 Å². The zero-order valence-corrected chi connectivity index (χ0v) is 11.3. The third kappa shape index (κ3) is 2.79. The summed E-state index contributed by atoms with van der Waals surface area (Å²) in [5.74, 6) is 0.415. The van der Waals surface area contributed by atoms with Crippen LogP contribution in [0.15, 0.2) is 10.3 Å². The molecule has 0 unspecified atom stereocenters. The lowest BCUT2D eigenvalue weighted by Gasteiger charge is -2.02. The summed E-state index contributed by atoms with van der Waals surface area (Å²) in [5, 5.41) is 13.6. The Kier molecular flexibility index (Phi) is 3.55. The maximum Gasteiger partial charge on any atom is 0.304 e. The van der Waals surface area contributed by atoms with Crippen LogP contribution in [-0.2, 0) is 10.0 Å². The predicted molar refractivity (Wildman–Crippen MR) is 68.4 cm³/mol. The molecule has 0 spiro atoms. The van der Waals surface area contributed by atoms with E-state index in [1.54, 1.807) is 0 Å².